The highest BCUT2D eigenvalue weighted by Gasteiger charge is 2.23. The van der Waals surface area contributed by atoms with E-state index in [1.165, 1.54) is 36.5 Å². The van der Waals surface area contributed by atoms with Gasteiger partial charge in [-0.15, -0.1) is 0 Å². The molecule has 1 aromatic carbocycles. The second-order valence-electron chi connectivity index (χ2n) is 5.61. The number of aromatic nitrogens is 1. The maximum Gasteiger partial charge on any atom is 0.137 e. The largest absolute Gasteiger partial charge is 0.353 e. The van der Waals surface area contributed by atoms with Crippen LogP contribution in [0.25, 0.3) is 10.8 Å². The molecule has 0 saturated carbocycles. The minimum Gasteiger partial charge on any atom is -0.353 e. The van der Waals surface area contributed by atoms with E-state index in [9.17, 15) is 0 Å². The number of piperidine rings is 1. The van der Waals surface area contributed by atoms with E-state index in [4.69, 9.17) is 10.7 Å². The molecule has 0 radical (unpaired) electrons. The standard InChI is InChI=1S/C17H23N3/c1-2-15-8-5-6-10-20(15)17-16-9-4-3-7-13(16)11-14(12-18)19-17/h3-4,7,9,11,15H,2,5-6,8,10,12,18H2,1H3. The Morgan fingerprint density at radius 3 is 2.95 bits per heavy atom. The molecule has 0 amide bonds. The van der Waals surface area contributed by atoms with Gasteiger partial charge in [0, 0.05) is 24.5 Å². The molecule has 1 aliphatic heterocycles. The van der Waals surface area contributed by atoms with Gasteiger partial charge in [-0.1, -0.05) is 31.2 Å². The summed E-state index contributed by atoms with van der Waals surface area (Å²) >= 11 is 0. The molecule has 0 spiro atoms. The number of hydrogen-bond donors (Lipinski definition) is 1. The Kier molecular flexibility index (Phi) is 3.88. The van der Waals surface area contributed by atoms with E-state index in [0.29, 0.717) is 12.6 Å². The van der Waals surface area contributed by atoms with Gasteiger partial charge in [-0.05, 0) is 37.1 Å². The van der Waals surface area contributed by atoms with Crippen molar-refractivity contribution in [2.45, 2.75) is 45.2 Å². The third-order valence-corrected chi connectivity index (χ3v) is 4.35. The second kappa shape index (κ2) is 5.80. The fourth-order valence-corrected chi connectivity index (χ4v) is 3.26. The molecule has 1 atom stereocenters. The van der Waals surface area contributed by atoms with E-state index in [0.717, 1.165) is 18.1 Å². The van der Waals surface area contributed by atoms with Crippen LogP contribution in [0.3, 0.4) is 0 Å². The van der Waals surface area contributed by atoms with Crippen LogP contribution in [0, 0.1) is 0 Å². The van der Waals surface area contributed by atoms with Crippen molar-refractivity contribution in [1.82, 2.24) is 4.98 Å². The van der Waals surface area contributed by atoms with E-state index in [-0.39, 0.29) is 0 Å². The van der Waals surface area contributed by atoms with Gasteiger partial charge in [0.15, 0.2) is 0 Å². The Bertz CT molecular complexity index is 594. The van der Waals surface area contributed by atoms with Crippen LogP contribution in [0.2, 0.25) is 0 Å². The molecule has 0 bridgehead atoms. The van der Waals surface area contributed by atoms with E-state index in [1.807, 2.05) is 0 Å². The normalized spacial score (nSPS) is 19.5. The Morgan fingerprint density at radius 1 is 1.30 bits per heavy atom. The average molecular weight is 269 g/mol. The molecule has 1 aromatic heterocycles. The van der Waals surface area contributed by atoms with Gasteiger partial charge in [-0.2, -0.15) is 0 Å². The van der Waals surface area contributed by atoms with E-state index < -0.39 is 0 Å². The molecule has 106 valence electrons. The molecule has 20 heavy (non-hydrogen) atoms. The zero-order valence-electron chi connectivity index (χ0n) is 12.2. The zero-order chi connectivity index (χ0) is 13.9. The van der Waals surface area contributed by atoms with Gasteiger partial charge in [0.2, 0.25) is 0 Å². The maximum absolute atomic E-state index is 5.83. The first-order valence-electron chi connectivity index (χ1n) is 7.69. The van der Waals surface area contributed by atoms with Crippen LogP contribution in [0.4, 0.5) is 5.82 Å². The van der Waals surface area contributed by atoms with Gasteiger partial charge in [-0.25, -0.2) is 4.98 Å². The van der Waals surface area contributed by atoms with Gasteiger partial charge in [0.25, 0.3) is 0 Å². The first-order chi connectivity index (χ1) is 9.83. The van der Waals surface area contributed by atoms with Crippen molar-refractivity contribution in [1.29, 1.82) is 0 Å². The van der Waals surface area contributed by atoms with Crippen LogP contribution in [0.1, 0.15) is 38.3 Å². The molecule has 2 aromatic rings. The number of nitrogens with two attached hydrogens (primary N) is 1. The zero-order valence-corrected chi connectivity index (χ0v) is 12.2. The molecule has 1 fully saturated rings. The van der Waals surface area contributed by atoms with E-state index >= 15 is 0 Å². The lowest BCUT2D eigenvalue weighted by molar-refractivity contribution is 0.447. The van der Waals surface area contributed by atoms with Crippen LogP contribution < -0.4 is 10.6 Å². The predicted octanol–water partition coefficient (Wildman–Crippen LogP) is 3.46. The SMILES string of the molecule is CCC1CCCCN1c1nc(CN)cc2ccccc12. The van der Waals surface area contributed by atoms with Crippen molar-refractivity contribution in [2.75, 3.05) is 11.4 Å². The maximum atomic E-state index is 5.83. The van der Waals surface area contributed by atoms with Gasteiger partial charge < -0.3 is 10.6 Å². The van der Waals surface area contributed by atoms with Gasteiger partial charge in [0.05, 0.1) is 5.69 Å². The summed E-state index contributed by atoms with van der Waals surface area (Å²) < 4.78 is 0. The molecule has 3 heteroatoms. The summed E-state index contributed by atoms with van der Waals surface area (Å²) in [5, 5.41) is 2.50. The number of anilines is 1. The number of fused-ring (bicyclic) bond motifs is 1. The Labute approximate surface area is 120 Å². The monoisotopic (exact) mass is 269 g/mol. The molecule has 3 rings (SSSR count). The highest BCUT2D eigenvalue weighted by atomic mass is 15.2. The summed E-state index contributed by atoms with van der Waals surface area (Å²) in [4.78, 5) is 7.35. The minimum absolute atomic E-state index is 0.502. The predicted molar refractivity (Wildman–Crippen MR) is 84.9 cm³/mol. The van der Waals surface area contributed by atoms with Crippen molar-refractivity contribution in [3.05, 3.63) is 36.0 Å². The van der Waals surface area contributed by atoms with Gasteiger partial charge in [-0.3, -0.25) is 0 Å². The van der Waals surface area contributed by atoms with Crippen LogP contribution in [0.5, 0.6) is 0 Å². The Balaban J connectivity index is 2.13. The van der Waals surface area contributed by atoms with Crippen molar-refractivity contribution in [3.63, 3.8) is 0 Å². The van der Waals surface area contributed by atoms with E-state index in [2.05, 4.69) is 42.2 Å². The number of nitrogens with zero attached hydrogens (tertiary/aromatic N) is 2. The summed E-state index contributed by atoms with van der Waals surface area (Å²) in [7, 11) is 0. The first kappa shape index (κ1) is 13.4. The lowest BCUT2D eigenvalue weighted by atomic mass is 9.99. The molecular formula is C17H23N3. The van der Waals surface area contributed by atoms with Crippen molar-refractivity contribution in [2.24, 2.45) is 5.73 Å². The molecule has 2 N–H and O–H groups in total. The average Bonchev–Trinajstić information content (AvgIpc) is 2.53. The topological polar surface area (TPSA) is 42.2 Å². The van der Waals surface area contributed by atoms with Crippen LogP contribution in [-0.4, -0.2) is 17.6 Å². The van der Waals surface area contributed by atoms with Crippen LogP contribution in [0.15, 0.2) is 30.3 Å². The van der Waals surface area contributed by atoms with Crippen LogP contribution >= 0.6 is 0 Å². The quantitative estimate of drug-likeness (QED) is 0.927. The highest BCUT2D eigenvalue weighted by molar-refractivity contribution is 5.92. The summed E-state index contributed by atoms with van der Waals surface area (Å²) in [6.07, 6.45) is 5.06. The molecule has 1 saturated heterocycles. The summed E-state index contributed by atoms with van der Waals surface area (Å²) in [5.74, 6) is 1.13. The minimum atomic E-state index is 0.502. The highest BCUT2D eigenvalue weighted by Crippen LogP contribution is 2.31. The lowest BCUT2D eigenvalue weighted by Crippen LogP contribution is -2.39. The molecule has 3 nitrogen and oxygen atoms in total. The second-order valence-corrected chi connectivity index (χ2v) is 5.61. The first-order valence-corrected chi connectivity index (χ1v) is 7.69. The fraction of sp³-hybridized carbons (Fsp3) is 0.471. The van der Waals surface area contributed by atoms with Crippen molar-refractivity contribution in [3.8, 4) is 0 Å². The van der Waals surface area contributed by atoms with Gasteiger partial charge >= 0.3 is 0 Å². The van der Waals surface area contributed by atoms with Gasteiger partial charge in [0.1, 0.15) is 5.82 Å². The Morgan fingerprint density at radius 2 is 2.15 bits per heavy atom. The lowest BCUT2D eigenvalue weighted by Gasteiger charge is -2.37. The summed E-state index contributed by atoms with van der Waals surface area (Å²) in [6.45, 7) is 3.89. The number of pyridine rings is 1. The molecular weight excluding hydrogens is 246 g/mol. The summed E-state index contributed by atoms with van der Waals surface area (Å²) in [5.41, 5.74) is 6.81. The smallest absolute Gasteiger partial charge is 0.137 e. The third kappa shape index (κ3) is 2.38. The van der Waals surface area contributed by atoms with Crippen LogP contribution in [-0.2, 0) is 6.54 Å². The van der Waals surface area contributed by atoms with E-state index in [1.54, 1.807) is 0 Å². The molecule has 1 unspecified atom stereocenters. The molecule has 2 heterocycles. The molecule has 1 aliphatic rings. The van der Waals surface area contributed by atoms with Crippen molar-refractivity contribution >= 4 is 16.6 Å². The summed E-state index contributed by atoms with van der Waals surface area (Å²) in [6, 6.07) is 11.3. The number of rotatable bonds is 3. The molecule has 0 aliphatic carbocycles. The Hall–Kier alpha value is -1.61. The fourth-order valence-electron chi connectivity index (χ4n) is 3.26. The number of benzene rings is 1. The number of hydrogen-bond acceptors (Lipinski definition) is 3. The third-order valence-electron chi connectivity index (χ3n) is 4.35. The van der Waals surface area contributed by atoms with Crippen molar-refractivity contribution < 1.29 is 0 Å².